The van der Waals surface area contributed by atoms with Crippen LogP contribution in [0, 0.1) is 17.7 Å². The maximum Gasteiger partial charge on any atom is 0.220 e. The van der Waals surface area contributed by atoms with Gasteiger partial charge in [-0.05, 0) is 30.7 Å². The highest BCUT2D eigenvalue weighted by Gasteiger charge is 2.54. The molecule has 1 aromatic carbocycles. The van der Waals surface area contributed by atoms with Crippen LogP contribution in [0.5, 0.6) is 0 Å². The maximum absolute atomic E-state index is 12.9. The molecule has 1 N–H and O–H groups in total. The summed E-state index contributed by atoms with van der Waals surface area (Å²) >= 11 is 0. The minimum Gasteiger partial charge on any atom is -0.384 e. The second-order valence-electron chi connectivity index (χ2n) is 6.43. The van der Waals surface area contributed by atoms with E-state index in [0.29, 0.717) is 18.1 Å². The van der Waals surface area contributed by atoms with Gasteiger partial charge in [-0.25, -0.2) is 4.39 Å². The third-order valence-electron chi connectivity index (χ3n) is 4.96. The molecule has 1 aliphatic carbocycles. The van der Waals surface area contributed by atoms with E-state index in [9.17, 15) is 14.0 Å². The second kappa shape index (κ2) is 7.40. The number of carbonyl (C=O) groups excluding carboxylic acids is 2. The molecule has 0 aromatic heterocycles. The zero-order chi connectivity index (χ0) is 17.1. The van der Waals surface area contributed by atoms with Crippen molar-refractivity contribution >= 4 is 11.7 Å². The molecular weight excluding hydrogens is 313 g/mol. The summed E-state index contributed by atoms with van der Waals surface area (Å²) in [5.41, 5.74) is 0.425. The predicted molar refractivity (Wildman–Crippen MR) is 85.1 cm³/mol. The molecule has 0 unspecified atom stereocenters. The zero-order valence-corrected chi connectivity index (χ0v) is 13.7. The first-order valence-electron chi connectivity index (χ1n) is 8.29. The second-order valence-corrected chi connectivity index (χ2v) is 6.43. The van der Waals surface area contributed by atoms with Gasteiger partial charge in [-0.1, -0.05) is 0 Å². The van der Waals surface area contributed by atoms with E-state index in [4.69, 9.17) is 9.47 Å². The molecule has 6 heteroatoms. The third kappa shape index (κ3) is 3.49. The number of nitrogens with one attached hydrogen (secondary N) is 1. The van der Waals surface area contributed by atoms with Gasteiger partial charge >= 0.3 is 0 Å². The fraction of sp³-hybridized carbons (Fsp3) is 0.556. The number of methoxy groups -OCH3 is 1. The molecule has 2 fully saturated rings. The van der Waals surface area contributed by atoms with Crippen LogP contribution in [-0.2, 0) is 14.3 Å². The van der Waals surface area contributed by atoms with Crippen molar-refractivity contribution in [2.45, 2.75) is 31.4 Å². The average molecular weight is 335 g/mol. The molecule has 3 rings (SSSR count). The van der Waals surface area contributed by atoms with Crippen LogP contribution in [0.2, 0.25) is 0 Å². The molecule has 0 radical (unpaired) electrons. The number of ketones is 1. The van der Waals surface area contributed by atoms with Crippen LogP contribution in [-0.4, -0.2) is 44.2 Å². The normalized spacial score (nSPS) is 28.1. The van der Waals surface area contributed by atoms with E-state index in [-0.39, 0.29) is 48.4 Å². The lowest BCUT2D eigenvalue weighted by atomic mass is 9.67. The largest absolute Gasteiger partial charge is 0.384 e. The maximum atomic E-state index is 12.9. The average Bonchev–Trinajstić information content (AvgIpc) is 3.00. The first kappa shape index (κ1) is 17.0. The highest BCUT2D eigenvalue weighted by atomic mass is 19.1. The summed E-state index contributed by atoms with van der Waals surface area (Å²) in [7, 11) is 1.64. The Hall–Kier alpha value is -1.79. The van der Waals surface area contributed by atoms with Gasteiger partial charge in [-0.2, -0.15) is 0 Å². The number of halogens is 1. The number of hydrogen-bond donors (Lipinski definition) is 1. The number of rotatable bonds is 7. The van der Waals surface area contributed by atoms with Crippen molar-refractivity contribution in [3.05, 3.63) is 35.6 Å². The van der Waals surface area contributed by atoms with Gasteiger partial charge in [0.1, 0.15) is 5.82 Å². The van der Waals surface area contributed by atoms with E-state index in [2.05, 4.69) is 5.32 Å². The van der Waals surface area contributed by atoms with Crippen molar-refractivity contribution in [2.24, 2.45) is 11.8 Å². The number of carbonyl (C=O) groups is 2. The summed E-state index contributed by atoms with van der Waals surface area (Å²) in [6.07, 6.45) is 1.37. The fourth-order valence-electron chi connectivity index (χ4n) is 3.70. The molecule has 24 heavy (non-hydrogen) atoms. The lowest BCUT2D eigenvalue weighted by molar-refractivity contribution is -0.129. The monoisotopic (exact) mass is 335 g/mol. The van der Waals surface area contributed by atoms with Crippen LogP contribution in [0.4, 0.5) is 4.39 Å². The Kier molecular flexibility index (Phi) is 5.26. The van der Waals surface area contributed by atoms with Gasteiger partial charge in [0.2, 0.25) is 5.91 Å². The lowest BCUT2D eigenvalue weighted by Gasteiger charge is -2.47. The number of hydrogen-bond acceptors (Lipinski definition) is 4. The van der Waals surface area contributed by atoms with Crippen LogP contribution in [0.1, 0.15) is 29.6 Å². The SMILES string of the molecule is COC[C@H]1[C@@H](NC(=O)CCC(=O)c2ccc(F)cc2)[C@@H]2CCO[C@@H]21. The molecule has 130 valence electrons. The van der Waals surface area contributed by atoms with E-state index in [1.807, 2.05) is 0 Å². The van der Waals surface area contributed by atoms with Crippen molar-refractivity contribution in [1.82, 2.24) is 5.32 Å². The highest BCUT2D eigenvalue weighted by Crippen LogP contribution is 2.43. The smallest absolute Gasteiger partial charge is 0.220 e. The zero-order valence-electron chi connectivity index (χ0n) is 13.7. The van der Waals surface area contributed by atoms with Crippen LogP contribution < -0.4 is 5.32 Å². The first-order chi connectivity index (χ1) is 11.6. The molecule has 2 aliphatic rings. The number of amides is 1. The van der Waals surface area contributed by atoms with Crippen molar-refractivity contribution in [3.63, 3.8) is 0 Å². The van der Waals surface area contributed by atoms with Crippen LogP contribution in [0.25, 0.3) is 0 Å². The van der Waals surface area contributed by atoms with Gasteiger partial charge < -0.3 is 14.8 Å². The first-order valence-corrected chi connectivity index (χ1v) is 8.29. The Morgan fingerprint density at radius 3 is 2.75 bits per heavy atom. The van der Waals surface area contributed by atoms with Crippen molar-refractivity contribution in [2.75, 3.05) is 20.3 Å². The van der Waals surface area contributed by atoms with E-state index in [1.165, 1.54) is 24.3 Å². The van der Waals surface area contributed by atoms with Crippen molar-refractivity contribution < 1.29 is 23.5 Å². The Morgan fingerprint density at radius 1 is 1.29 bits per heavy atom. The lowest BCUT2D eigenvalue weighted by Crippen LogP contribution is -2.62. The number of fused-ring (bicyclic) bond motifs is 1. The summed E-state index contributed by atoms with van der Waals surface area (Å²) in [6, 6.07) is 5.44. The molecule has 1 amide bonds. The third-order valence-corrected chi connectivity index (χ3v) is 4.96. The molecule has 0 spiro atoms. The van der Waals surface area contributed by atoms with E-state index < -0.39 is 0 Å². The fourth-order valence-corrected chi connectivity index (χ4v) is 3.70. The number of Topliss-reactive ketones (excluding diaryl/α,β-unsaturated/α-hetero) is 1. The van der Waals surface area contributed by atoms with Gasteiger partial charge in [0.05, 0.1) is 12.7 Å². The van der Waals surface area contributed by atoms with Crippen LogP contribution in [0.15, 0.2) is 24.3 Å². The molecule has 1 saturated heterocycles. The van der Waals surface area contributed by atoms with Gasteiger partial charge in [-0.15, -0.1) is 0 Å². The Bertz CT molecular complexity index is 604. The van der Waals surface area contributed by atoms with Gasteiger partial charge in [0.25, 0.3) is 0 Å². The van der Waals surface area contributed by atoms with Gasteiger partial charge in [0.15, 0.2) is 5.78 Å². The van der Waals surface area contributed by atoms with E-state index in [1.54, 1.807) is 7.11 Å². The highest BCUT2D eigenvalue weighted by molar-refractivity contribution is 5.97. The summed E-state index contributed by atoms with van der Waals surface area (Å²) in [4.78, 5) is 24.2. The Labute approximate surface area is 140 Å². The number of benzene rings is 1. The minimum atomic E-state index is -0.383. The van der Waals surface area contributed by atoms with Crippen molar-refractivity contribution in [1.29, 1.82) is 0 Å². The van der Waals surface area contributed by atoms with E-state index in [0.717, 1.165) is 13.0 Å². The Balaban J connectivity index is 1.48. The van der Waals surface area contributed by atoms with Crippen molar-refractivity contribution in [3.8, 4) is 0 Å². The summed E-state index contributed by atoms with van der Waals surface area (Å²) < 4.78 is 23.8. The summed E-state index contributed by atoms with van der Waals surface area (Å²) in [5.74, 6) is -0.149. The topological polar surface area (TPSA) is 64.6 Å². The van der Waals surface area contributed by atoms with Gasteiger partial charge in [-0.3, -0.25) is 9.59 Å². The van der Waals surface area contributed by atoms with Crippen LogP contribution >= 0.6 is 0 Å². The molecular formula is C18H22FNO4. The van der Waals surface area contributed by atoms with E-state index >= 15 is 0 Å². The quantitative estimate of drug-likeness (QED) is 0.774. The number of ether oxygens (including phenoxy) is 2. The van der Waals surface area contributed by atoms with Gasteiger partial charge in [0, 0.05) is 50.0 Å². The predicted octanol–water partition coefficient (Wildman–Crippen LogP) is 1.95. The summed E-state index contributed by atoms with van der Waals surface area (Å²) in [6.45, 7) is 1.28. The molecule has 1 aromatic rings. The molecule has 1 aliphatic heterocycles. The molecule has 5 nitrogen and oxygen atoms in total. The van der Waals surface area contributed by atoms with Crippen LogP contribution in [0.3, 0.4) is 0 Å². The standard InChI is InChI=1S/C18H22FNO4/c1-23-10-14-17(13-8-9-24-18(13)14)20-16(22)7-6-15(21)11-2-4-12(19)5-3-11/h2-5,13-14,17-18H,6-10H2,1H3,(H,20,22)/t13-,14-,17-,18-/m0/s1. The molecule has 0 bridgehead atoms. The molecule has 1 saturated carbocycles. The molecule has 4 atom stereocenters. The molecule has 1 heterocycles. The minimum absolute atomic E-state index is 0.0610. The summed E-state index contributed by atoms with van der Waals surface area (Å²) in [5, 5.41) is 3.03. The Morgan fingerprint density at radius 2 is 2.04 bits per heavy atom.